The summed E-state index contributed by atoms with van der Waals surface area (Å²) in [4.78, 5) is 1.76. The fourth-order valence-corrected chi connectivity index (χ4v) is 4.04. The van der Waals surface area contributed by atoms with Gasteiger partial charge in [0.05, 0.1) is 12.4 Å². The third-order valence-electron chi connectivity index (χ3n) is 5.22. The molecule has 0 aromatic heterocycles. The van der Waals surface area contributed by atoms with E-state index in [0.717, 1.165) is 36.8 Å². The van der Waals surface area contributed by atoms with Gasteiger partial charge in [-0.15, -0.1) is 0 Å². The Morgan fingerprint density at radius 1 is 1.00 bits per heavy atom. The molecule has 5 nitrogen and oxygen atoms in total. The van der Waals surface area contributed by atoms with Crippen molar-refractivity contribution in [2.24, 2.45) is 0 Å². The van der Waals surface area contributed by atoms with Gasteiger partial charge in [-0.3, -0.25) is 4.55 Å². The van der Waals surface area contributed by atoms with E-state index in [1.54, 1.807) is 4.90 Å². The SMILES string of the molecule is CS(=O)(=O)O.[2H][13C]([2H])([2H])N1C2CCC1CC(OC(c1ccccc1)c1ccccc1)C2. The van der Waals surface area contributed by atoms with Gasteiger partial charge in [0, 0.05) is 16.2 Å². The first-order valence-corrected chi connectivity index (χ1v) is 11.3. The lowest BCUT2D eigenvalue weighted by Gasteiger charge is -2.38. The van der Waals surface area contributed by atoms with Gasteiger partial charge >= 0.3 is 0 Å². The molecule has 1 N–H and O–H groups in total. The molecule has 6 heteroatoms. The maximum absolute atomic E-state index is 9.19. The summed E-state index contributed by atoms with van der Waals surface area (Å²) in [5, 5.41) is 0. The first-order valence-electron chi connectivity index (χ1n) is 11.0. The molecule has 2 saturated heterocycles. The Balaban J connectivity index is 0.000000491. The number of nitrogens with zero attached hydrogens (tertiary/aromatic N) is 1. The van der Waals surface area contributed by atoms with Crippen molar-refractivity contribution in [1.29, 1.82) is 0 Å². The first-order chi connectivity index (χ1) is 14.5. The molecule has 4 rings (SSSR count). The highest BCUT2D eigenvalue weighted by molar-refractivity contribution is 7.85. The highest BCUT2D eigenvalue weighted by Gasteiger charge is 2.39. The van der Waals surface area contributed by atoms with Crippen LogP contribution in [0.5, 0.6) is 0 Å². The Bertz CT molecular complexity index is 877. The smallest absolute Gasteiger partial charge is 0.261 e. The molecule has 2 aliphatic heterocycles. The van der Waals surface area contributed by atoms with Crippen LogP contribution in [0.2, 0.25) is 0 Å². The van der Waals surface area contributed by atoms with E-state index in [-0.39, 0.29) is 24.3 Å². The number of piperidine rings is 1. The number of rotatable bonds is 4. The molecule has 2 unspecified atom stereocenters. The summed E-state index contributed by atoms with van der Waals surface area (Å²) in [7, 11) is -3.67. The van der Waals surface area contributed by atoms with Gasteiger partial charge in [0.2, 0.25) is 0 Å². The Morgan fingerprint density at radius 3 is 1.82 bits per heavy atom. The molecule has 0 spiro atoms. The molecule has 2 atom stereocenters. The van der Waals surface area contributed by atoms with E-state index in [2.05, 4.69) is 24.3 Å². The Kier molecular flexibility index (Phi) is 5.62. The molecule has 0 saturated carbocycles. The van der Waals surface area contributed by atoms with Crippen LogP contribution in [0.15, 0.2) is 60.7 Å². The third-order valence-corrected chi connectivity index (χ3v) is 5.22. The van der Waals surface area contributed by atoms with Gasteiger partial charge in [-0.1, -0.05) is 60.7 Å². The van der Waals surface area contributed by atoms with Gasteiger partial charge in [-0.25, -0.2) is 0 Å². The molecular weight excluding hydrogens is 375 g/mol. The standard InChI is InChI=1S/C21H25NO.CH4O3S/c1-22-18-12-13-19(22)15-20(14-18)23-21(16-8-4-2-5-9-16)17-10-6-3-7-11-17;1-5(2,3)4/h2-11,18-21H,12-15H2,1H3;1H3,(H,2,3,4)/i1+1D3;. The summed E-state index contributed by atoms with van der Waals surface area (Å²) in [5.41, 5.74) is 2.29. The lowest BCUT2D eigenvalue weighted by atomic mass is 9.98. The predicted octanol–water partition coefficient (Wildman–Crippen LogP) is 3.92. The van der Waals surface area contributed by atoms with Crippen LogP contribution >= 0.6 is 0 Å². The van der Waals surface area contributed by atoms with Crippen molar-refractivity contribution in [2.45, 2.75) is 50.0 Å². The molecule has 2 fully saturated rings. The van der Waals surface area contributed by atoms with Gasteiger partial charge in [-0.2, -0.15) is 8.42 Å². The van der Waals surface area contributed by atoms with Gasteiger partial charge in [0.15, 0.2) is 0 Å². The van der Waals surface area contributed by atoms with Crippen molar-refractivity contribution in [3.63, 3.8) is 0 Å². The average molecular weight is 408 g/mol. The van der Waals surface area contributed by atoms with Gasteiger partial charge in [0.1, 0.15) is 6.10 Å². The van der Waals surface area contributed by atoms with Crippen molar-refractivity contribution in [1.82, 2.24) is 4.90 Å². The van der Waals surface area contributed by atoms with Crippen LogP contribution in [0.3, 0.4) is 0 Å². The van der Waals surface area contributed by atoms with Crippen LogP contribution in [0.25, 0.3) is 0 Å². The summed E-state index contributed by atoms with van der Waals surface area (Å²) in [6.07, 6.45) is 4.22. The number of hydrogen-bond acceptors (Lipinski definition) is 4. The zero-order valence-electron chi connectivity index (χ0n) is 18.9. The zero-order valence-corrected chi connectivity index (χ0v) is 16.8. The van der Waals surface area contributed by atoms with E-state index in [1.807, 2.05) is 36.4 Å². The topological polar surface area (TPSA) is 66.8 Å². The average Bonchev–Trinajstić information content (AvgIpc) is 2.98. The highest BCUT2D eigenvalue weighted by atomic mass is 32.2. The molecule has 152 valence electrons. The quantitative estimate of drug-likeness (QED) is 0.615. The van der Waals surface area contributed by atoms with E-state index in [0.29, 0.717) is 6.26 Å². The lowest BCUT2D eigenvalue weighted by Crippen LogP contribution is -2.43. The van der Waals surface area contributed by atoms with Gasteiger partial charge < -0.3 is 9.64 Å². The van der Waals surface area contributed by atoms with Crippen LogP contribution in [0.1, 0.15) is 47.0 Å². The second-order valence-electron chi connectivity index (χ2n) is 7.46. The zero-order chi connectivity index (χ0) is 22.6. The molecule has 2 heterocycles. The number of benzene rings is 2. The van der Waals surface area contributed by atoms with E-state index < -0.39 is 17.1 Å². The second kappa shape index (κ2) is 9.18. The second-order valence-corrected chi connectivity index (χ2v) is 8.92. The minimum atomic E-state index is -3.67. The number of ether oxygens (including phenoxy) is 1. The normalized spacial score (nSPS) is 26.7. The lowest BCUT2D eigenvalue weighted by molar-refractivity contribution is -0.0426. The summed E-state index contributed by atoms with van der Waals surface area (Å²) >= 11 is 0. The van der Waals surface area contributed by atoms with E-state index in [9.17, 15) is 8.42 Å². The van der Waals surface area contributed by atoms with Gasteiger partial charge in [-0.05, 0) is 43.8 Å². The molecule has 2 aliphatic rings. The maximum atomic E-state index is 9.19. The highest BCUT2D eigenvalue weighted by Crippen LogP contribution is 2.38. The van der Waals surface area contributed by atoms with Crippen LogP contribution < -0.4 is 0 Å². The van der Waals surface area contributed by atoms with Crippen molar-refractivity contribution in [2.75, 3.05) is 13.2 Å². The fraction of sp³-hybridized carbons (Fsp3) is 0.455. The van der Waals surface area contributed by atoms with Crippen molar-refractivity contribution in [3.8, 4) is 0 Å². The van der Waals surface area contributed by atoms with Crippen LogP contribution in [-0.2, 0) is 14.9 Å². The van der Waals surface area contributed by atoms with Crippen molar-refractivity contribution < 1.29 is 21.8 Å². The number of fused-ring (bicyclic) bond motifs is 2. The molecule has 0 aliphatic carbocycles. The molecule has 28 heavy (non-hydrogen) atoms. The predicted molar refractivity (Wildman–Crippen MR) is 111 cm³/mol. The minimum absolute atomic E-state index is 0.0940. The summed E-state index contributed by atoms with van der Waals surface area (Å²) in [6, 6.07) is 20.8. The molecule has 2 bridgehead atoms. The first kappa shape index (κ1) is 17.2. The number of hydrogen-bond donors (Lipinski definition) is 1. The molecule has 0 amide bonds. The largest absolute Gasteiger partial charge is 0.365 e. The Hall–Kier alpha value is -1.73. The van der Waals surface area contributed by atoms with E-state index in [4.69, 9.17) is 13.4 Å². The summed E-state index contributed by atoms with van der Waals surface area (Å²) < 4.78 is 55.9. The van der Waals surface area contributed by atoms with Gasteiger partial charge in [0.25, 0.3) is 10.1 Å². The van der Waals surface area contributed by atoms with Crippen LogP contribution in [-0.4, -0.2) is 49.3 Å². The molecule has 2 aromatic carbocycles. The van der Waals surface area contributed by atoms with E-state index in [1.165, 1.54) is 0 Å². The fourth-order valence-electron chi connectivity index (χ4n) is 4.04. The molecular formula is C22H29NO4S. The summed E-state index contributed by atoms with van der Waals surface area (Å²) in [5.74, 6) is 0. The Morgan fingerprint density at radius 2 is 1.43 bits per heavy atom. The molecule has 2 aromatic rings. The van der Waals surface area contributed by atoms with E-state index >= 15 is 0 Å². The van der Waals surface area contributed by atoms with Crippen LogP contribution in [0.4, 0.5) is 0 Å². The maximum Gasteiger partial charge on any atom is 0.261 e. The monoisotopic (exact) mass is 407 g/mol. The summed E-state index contributed by atoms with van der Waals surface area (Å²) in [6.45, 7) is -1.99. The van der Waals surface area contributed by atoms with Crippen LogP contribution in [0, 0.1) is 0 Å². The van der Waals surface area contributed by atoms with Crippen molar-refractivity contribution >= 4 is 10.1 Å². The minimum Gasteiger partial charge on any atom is -0.365 e. The van der Waals surface area contributed by atoms with Crippen molar-refractivity contribution in [3.05, 3.63) is 71.8 Å². The molecule has 0 radical (unpaired) electrons. The third kappa shape index (κ3) is 5.88. The Labute approximate surface area is 172 Å².